The Morgan fingerprint density at radius 1 is 1.53 bits per heavy atom. The molecule has 82 valence electrons. The van der Waals surface area contributed by atoms with Gasteiger partial charge in [0.15, 0.2) is 0 Å². The zero-order valence-corrected chi connectivity index (χ0v) is 8.89. The van der Waals surface area contributed by atoms with E-state index in [9.17, 15) is 4.79 Å². The van der Waals surface area contributed by atoms with E-state index in [0.29, 0.717) is 5.82 Å². The molecule has 2 N–H and O–H groups in total. The zero-order valence-electron chi connectivity index (χ0n) is 8.89. The van der Waals surface area contributed by atoms with Crippen LogP contribution in [0.2, 0.25) is 0 Å². The monoisotopic (exact) mass is 208 g/mol. The average Bonchev–Trinajstić information content (AvgIpc) is 2.85. The molecule has 2 rings (SSSR count). The Morgan fingerprint density at radius 2 is 2.20 bits per heavy atom. The summed E-state index contributed by atoms with van der Waals surface area (Å²) in [5.74, 6) is 0.612. The molecular weight excluding hydrogens is 192 g/mol. The number of likely N-dealkylation sites (tertiary alicyclic amines) is 1. The first kappa shape index (κ1) is 10.0. The van der Waals surface area contributed by atoms with Crippen LogP contribution >= 0.6 is 0 Å². The topological polar surface area (TPSA) is 64.2 Å². The first-order chi connectivity index (χ1) is 7.18. The van der Waals surface area contributed by atoms with E-state index in [2.05, 4.69) is 4.98 Å². The first-order valence-electron chi connectivity index (χ1n) is 5.26. The van der Waals surface area contributed by atoms with E-state index in [1.54, 1.807) is 17.1 Å². The van der Waals surface area contributed by atoms with Crippen LogP contribution in [0, 0.1) is 0 Å². The molecular formula is C10H16N4O. The lowest BCUT2D eigenvalue weighted by molar-refractivity contribution is -0.133. The van der Waals surface area contributed by atoms with Crippen LogP contribution in [-0.2, 0) is 4.79 Å². The van der Waals surface area contributed by atoms with Gasteiger partial charge in [0.2, 0.25) is 5.91 Å². The summed E-state index contributed by atoms with van der Waals surface area (Å²) in [6, 6.07) is -0.201. The summed E-state index contributed by atoms with van der Waals surface area (Å²) < 4.78 is 1.76. The van der Waals surface area contributed by atoms with Crippen LogP contribution in [0.15, 0.2) is 12.5 Å². The van der Waals surface area contributed by atoms with Crippen LogP contribution in [0.5, 0.6) is 0 Å². The molecule has 5 heteroatoms. The molecule has 1 saturated heterocycles. The van der Waals surface area contributed by atoms with Gasteiger partial charge in [-0.05, 0) is 19.8 Å². The van der Waals surface area contributed by atoms with Gasteiger partial charge in [0.25, 0.3) is 0 Å². The van der Waals surface area contributed by atoms with Gasteiger partial charge in [-0.2, -0.15) is 0 Å². The number of hydrogen-bond acceptors (Lipinski definition) is 3. The summed E-state index contributed by atoms with van der Waals surface area (Å²) in [7, 11) is 0. The van der Waals surface area contributed by atoms with Gasteiger partial charge in [0.1, 0.15) is 11.9 Å². The minimum atomic E-state index is -0.201. The number of nitrogen functional groups attached to an aromatic ring is 1. The average molecular weight is 208 g/mol. The molecule has 1 aromatic heterocycles. The highest BCUT2D eigenvalue weighted by molar-refractivity contribution is 5.80. The number of nitrogens with two attached hydrogens (primary N) is 1. The molecule has 1 unspecified atom stereocenters. The van der Waals surface area contributed by atoms with Crippen molar-refractivity contribution in [2.24, 2.45) is 0 Å². The van der Waals surface area contributed by atoms with Crippen molar-refractivity contribution in [3.63, 3.8) is 0 Å². The molecule has 2 heterocycles. The number of hydrogen-bond donors (Lipinski definition) is 1. The molecule has 1 aromatic rings. The third-order valence-corrected chi connectivity index (χ3v) is 2.84. The minimum Gasteiger partial charge on any atom is -0.382 e. The summed E-state index contributed by atoms with van der Waals surface area (Å²) in [6.07, 6.45) is 5.53. The van der Waals surface area contributed by atoms with E-state index in [-0.39, 0.29) is 11.9 Å². The zero-order chi connectivity index (χ0) is 10.8. The van der Waals surface area contributed by atoms with Gasteiger partial charge in [-0.15, -0.1) is 0 Å². The molecule has 5 nitrogen and oxygen atoms in total. The van der Waals surface area contributed by atoms with Gasteiger partial charge >= 0.3 is 0 Å². The number of carbonyl (C=O) groups excluding carboxylic acids is 1. The molecule has 0 aromatic carbocycles. The minimum absolute atomic E-state index is 0.157. The van der Waals surface area contributed by atoms with E-state index >= 15 is 0 Å². The van der Waals surface area contributed by atoms with Crippen molar-refractivity contribution in [3.8, 4) is 0 Å². The highest BCUT2D eigenvalue weighted by atomic mass is 16.2. The van der Waals surface area contributed by atoms with E-state index < -0.39 is 0 Å². The van der Waals surface area contributed by atoms with E-state index in [0.717, 1.165) is 25.9 Å². The lowest BCUT2D eigenvalue weighted by atomic mass is 10.3. The van der Waals surface area contributed by atoms with Crippen LogP contribution in [0.25, 0.3) is 0 Å². The Bertz CT molecular complexity index is 354. The van der Waals surface area contributed by atoms with Crippen molar-refractivity contribution in [3.05, 3.63) is 12.5 Å². The summed E-state index contributed by atoms with van der Waals surface area (Å²) in [5.41, 5.74) is 5.51. The Kier molecular flexibility index (Phi) is 2.62. The van der Waals surface area contributed by atoms with Crippen molar-refractivity contribution >= 4 is 11.7 Å². The maximum atomic E-state index is 12.0. The second kappa shape index (κ2) is 3.92. The lowest BCUT2D eigenvalue weighted by Gasteiger charge is -2.20. The SMILES string of the molecule is CC(C(=O)N1CCCC1)n1cnc(N)c1. The number of carbonyl (C=O) groups is 1. The molecule has 0 saturated carbocycles. The van der Waals surface area contributed by atoms with Crippen LogP contribution in [-0.4, -0.2) is 33.4 Å². The van der Waals surface area contributed by atoms with E-state index in [4.69, 9.17) is 5.73 Å². The molecule has 1 fully saturated rings. The Labute approximate surface area is 88.9 Å². The van der Waals surface area contributed by atoms with Crippen molar-refractivity contribution in [2.75, 3.05) is 18.8 Å². The lowest BCUT2D eigenvalue weighted by Crippen LogP contribution is -2.33. The van der Waals surface area contributed by atoms with Crippen molar-refractivity contribution < 1.29 is 4.79 Å². The van der Waals surface area contributed by atoms with Crippen molar-refractivity contribution in [1.29, 1.82) is 0 Å². The fourth-order valence-corrected chi connectivity index (χ4v) is 1.89. The predicted octanol–water partition coefficient (Wildman–Crippen LogP) is 0.649. The highest BCUT2D eigenvalue weighted by Crippen LogP contribution is 2.16. The molecule has 1 aliphatic heterocycles. The van der Waals surface area contributed by atoms with E-state index in [1.165, 1.54) is 0 Å². The number of anilines is 1. The fourth-order valence-electron chi connectivity index (χ4n) is 1.89. The molecule has 0 spiro atoms. The number of amides is 1. The van der Waals surface area contributed by atoms with Gasteiger partial charge in [-0.25, -0.2) is 4.98 Å². The normalized spacial score (nSPS) is 18.1. The second-order valence-corrected chi connectivity index (χ2v) is 3.95. The number of rotatable bonds is 2. The number of aromatic nitrogens is 2. The largest absolute Gasteiger partial charge is 0.382 e. The summed E-state index contributed by atoms with van der Waals surface area (Å²) >= 11 is 0. The standard InChI is InChI=1S/C10H16N4O/c1-8(14-6-9(11)12-7-14)10(15)13-4-2-3-5-13/h6-8H,2-5,11H2,1H3. The Balaban J connectivity index is 2.06. The Hall–Kier alpha value is -1.52. The number of nitrogens with zero attached hydrogens (tertiary/aromatic N) is 3. The summed E-state index contributed by atoms with van der Waals surface area (Å²) in [6.45, 7) is 3.64. The predicted molar refractivity (Wildman–Crippen MR) is 57.2 cm³/mol. The Morgan fingerprint density at radius 3 is 2.73 bits per heavy atom. The van der Waals surface area contributed by atoms with Gasteiger partial charge in [0.05, 0.1) is 6.33 Å². The third kappa shape index (κ3) is 1.95. The van der Waals surface area contributed by atoms with Crippen LogP contribution < -0.4 is 5.73 Å². The molecule has 15 heavy (non-hydrogen) atoms. The van der Waals surface area contributed by atoms with Gasteiger partial charge < -0.3 is 15.2 Å². The third-order valence-electron chi connectivity index (χ3n) is 2.84. The summed E-state index contributed by atoms with van der Waals surface area (Å²) in [4.78, 5) is 17.8. The van der Waals surface area contributed by atoms with Crippen LogP contribution in [0.1, 0.15) is 25.8 Å². The maximum Gasteiger partial charge on any atom is 0.245 e. The fraction of sp³-hybridized carbons (Fsp3) is 0.600. The molecule has 1 aliphatic rings. The summed E-state index contributed by atoms with van der Waals surface area (Å²) in [5, 5.41) is 0. The van der Waals surface area contributed by atoms with Gasteiger partial charge in [-0.1, -0.05) is 0 Å². The molecule has 0 bridgehead atoms. The quantitative estimate of drug-likeness (QED) is 0.776. The highest BCUT2D eigenvalue weighted by Gasteiger charge is 2.24. The first-order valence-corrected chi connectivity index (χ1v) is 5.26. The van der Waals surface area contributed by atoms with Crippen LogP contribution in [0.3, 0.4) is 0 Å². The second-order valence-electron chi connectivity index (χ2n) is 3.95. The molecule has 0 aliphatic carbocycles. The molecule has 1 atom stereocenters. The van der Waals surface area contributed by atoms with E-state index in [1.807, 2.05) is 11.8 Å². The smallest absolute Gasteiger partial charge is 0.245 e. The van der Waals surface area contributed by atoms with Crippen molar-refractivity contribution in [2.45, 2.75) is 25.8 Å². The van der Waals surface area contributed by atoms with Crippen molar-refractivity contribution in [1.82, 2.24) is 14.5 Å². The van der Waals surface area contributed by atoms with Gasteiger partial charge in [0, 0.05) is 19.3 Å². The number of imidazole rings is 1. The van der Waals surface area contributed by atoms with Crippen LogP contribution in [0.4, 0.5) is 5.82 Å². The molecule has 0 radical (unpaired) electrons. The maximum absolute atomic E-state index is 12.0. The molecule has 1 amide bonds. The van der Waals surface area contributed by atoms with Gasteiger partial charge in [-0.3, -0.25) is 4.79 Å².